The van der Waals surface area contributed by atoms with Crippen LogP contribution in [0.4, 0.5) is 0 Å². The Morgan fingerprint density at radius 1 is 1.30 bits per heavy atom. The van der Waals surface area contributed by atoms with E-state index < -0.39 is 10.0 Å². The van der Waals surface area contributed by atoms with E-state index in [0.29, 0.717) is 6.42 Å². The molecule has 10 heavy (non-hydrogen) atoms. The van der Waals surface area contributed by atoms with Crippen molar-refractivity contribution in [3.05, 3.63) is 4.91 Å². The highest BCUT2D eigenvalue weighted by Crippen LogP contribution is 1.99. The molecule has 0 saturated heterocycles. The fourth-order valence-electron chi connectivity index (χ4n) is 0.572. The van der Waals surface area contributed by atoms with Gasteiger partial charge in [-0.2, -0.15) is 0 Å². The van der Waals surface area contributed by atoms with Gasteiger partial charge in [0, 0.05) is 0 Å². The second-order valence-electron chi connectivity index (χ2n) is 2.07. The molecule has 0 bridgehead atoms. The zero-order valence-corrected chi connectivity index (χ0v) is 6.73. The van der Waals surface area contributed by atoms with Crippen LogP contribution in [-0.2, 0) is 10.0 Å². The molecule has 0 aromatic rings. The summed E-state index contributed by atoms with van der Waals surface area (Å²) in [6.45, 7) is 1.96. The largest absolute Gasteiger partial charge is 0.288 e. The van der Waals surface area contributed by atoms with Crippen LogP contribution in [0, 0.1) is 4.91 Å². The van der Waals surface area contributed by atoms with E-state index in [1.165, 1.54) is 0 Å². The molecule has 60 valence electrons. The van der Waals surface area contributed by atoms with Crippen LogP contribution in [0.5, 0.6) is 0 Å². The van der Waals surface area contributed by atoms with Crippen LogP contribution >= 0.6 is 0 Å². The minimum absolute atomic E-state index is 0.107. The number of nitroso groups, excluding NO2 is 1. The lowest BCUT2D eigenvalue weighted by molar-refractivity contribution is 0.592. The second kappa shape index (κ2) is 4.38. The molecule has 0 aromatic carbocycles. The standard InChI is InChI=1S/C5H11NO3S/c1-2-3-4-5-10(8,9)6-7/h2-5H2,1H3. The first-order valence-corrected chi connectivity index (χ1v) is 4.80. The Balaban J connectivity index is 3.59. The molecule has 0 aliphatic carbocycles. The normalized spacial score (nSPS) is 11.3. The lowest BCUT2D eigenvalue weighted by Crippen LogP contribution is -2.00. The molecule has 0 aromatic heterocycles. The zero-order chi connectivity index (χ0) is 8.04. The van der Waals surface area contributed by atoms with Crippen molar-refractivity contribution in [3.63, 3.8) is 0 Å². The van der Waals surface area contributed by atoms with Crippen LogP contribution in [0.2, 0.25) is 0 Å². The number of unbranched alkanes of at least 4 members (excludes halogenated alkanes) is 2. The first-order chi connectivity index (χ1) is 4.62. The highest BCUT2D eigenvalue weighted by molar-refractivity contribution is 7.89. The van der Waals surface area contributed by atoms with Crippen LogP contribution in [0.1, 0.15) is 26.2 Å². The Kier molecular flexibility index (Phi) is 4.18. The molecule has 0 aliphatic rings. The summed E-state index contributed by atoms with van der Waals surface area (Å²) in [6, 6.07) is 0. The van der Waals surface area contributed by atoms with E-state index in [4.69, 9.17) is 0 Å². The zero-order valence-electron chi connectivity index (χ0n) is 5.91. The van der Waals surface area contributed by atoms with Gasteiger partial charge < -0.3 is 0 Å². The molecule has 0 spiro atoms. The minimum atomic E-state index is -3.62. The van der Waals surface area contributed by atoms with Gasteiger partial charge in [0.25, 0.3) is 10.0 Å². The summed E-state index contributed by atoms with van der Waals surface area (Å²) in [4.78, 5) is 9.58. The van der Waals surface area contributed by atoms with Crippen LogP contribution in [0.15, 0.2) is 4.58 Å². The Hall–Kier alpha value is -0.450. The van der Waals surface area contributed by atoms with Gasteiger partial charge in [-0.3, -0.25) is 0 Å². The van der Waals surface area contributed by atoms with Gasteiger partial charge in [-0.15, -0.1) is 4.91 Å². The third-order valence-corrected chi connectivity index (χ3v) is 2.15. The lowest BCUT2D eigenvalue weighted by atomic mass is 10.3. The van der Waals surface area contributed by atoms with Crippen molar-refractivity contribution in [2.24, 2.45) is 4.58 Å². The number of sulfonamides is 1. The first-order valence-electron chi connectivity index (χ1n) is 3.19. The van der Waals surface area contributed by atoms with Crippen LogP contribution in [0.3, 0.4) is 0 Å². The van der Waals surface area contributed by atoms with Crippen molar-refractivity contribution in [3.8, 4) is 0 Å². The van der Waals surface area contributed by atoms with Crippen molar-refractivity contribution in [1.82, 2.24) is 0 Å². The molecule has 4 nitrogen and oxygen atoms in total. The maximum Gasteiger partial charge on any atom is 0.288 e. The maximum absolute atomic E-state index is 10.4. The number of nitrogens with zero attached hydrogens (tertiary/aromatic N) is 1. The van der Waals surface area contributed by atoms with Gasteiger partial charge in [0.1, 0.15) is 0 Å². The highest BCUT2D eigenvalue weighted by atomic mass is 32.2. The monoisotopic (exact) mass is 165 g/mol. The topological polar surface area (TPSA) is 63.6 Å². The van der Waals surface area contributed by atoms with Crippen LogP contribution < -0.4 is 0 Å². The van der Waals surface area contributed by atoms with Crippen LogP contribution in [0.25, 0.3) is 0 Å². The molecule has 0 amide bonds. The lowest BCUT2D eigenvalue weighted by Gasteiger charge is -1.92. The third kappa shape index (κ3) is 4.43. The van der Waals surface area contributed by atoms with Gasteiger partial charge in [-0.25, -0.2) is 8.42 Å². The number of hydrogen-bond acceptors (Lipinski definition) is 3. The molecular weight excluding hydrogens is 154 g/mol. The average Bonchev–Trinajstić information content (AvgIpc) is 1.89. The molecule has 0 fully saturated rings. The minimum Gasteiger partial charge on any atom is -0.202 e. The Labute approximate surface area is 60.7 Å². The first kappa shape index (κ1) is 9.55. The Morgan fingerprint density at radius 3 is 2.30 bits per heavy atom. The maximum atomic E-state index is 10.4. The van der Waals surface area contributed by atoms with Gasteiger partial charge in [-0.1, -0.05) is 19.8 Å². The summed E-state index contributed by atoms with van der Waals surface area (Å²) >= 11 is 0. The summed E-state index contributed by atoms with van der Waals surface area (Å²) < 4.78 is 22.8. The van der Waals surface area contributed by atoms with Gasteiger partial charge in [0.15, 0.2) is 0 Å². The Bertz CT molecular complexity index is 185. The number of rotatable bonds is 5. The summed E-state index contributed by atoms with van der Waals surface area (Å²) in [7, 11) is -3.62. The summed E-state index contributed by atoms with van der Waals surface area (Å²) in [5.74, 6) is -0.107. The molecule has 0 aliphatic heterocycles. The summed E-state index contributed by atoms with van der Waals surface area (Å²) in [5.41, 5.74) is 0. The third-order valence-electron chi connectivity index (χ3n) is 1.12. The van der Waals surface area contributed by atoms with E-state index in [2.05, 4.69) is 0 Å². The van der Waals surface area contributed by atoms with Crippen molar-refractivity contribution in [2.75, 3.05) is 5.75 Å². The molecule has 0 heterocycles. The average molecular weight is 165 g/mol. The fourth-order valence-corrected chi connectivity index (χ4v) is 1.22. The number of hydrogen-bond donors (Lipinski definition) is 0. The van der Waals surface area contributed by atoms with Gasteiger partial charge in [-0.05, 0) is 6.42 Å². The van der Waals surface area contributed by atoms with Crippen molar-refractivity contribution in [2.45, 2.75) is 26.2 Å². The van der Waals surface area contributed by atoms with E-state index in [0.717, 1.165) is 12.8 Å². The molecular formula is C5H11NO3S. The highest BCUT2D eigenvalue weighted by Gasteiger charge is 2.07. The quantitative estimate of drug-likeness (QED) is 0.455. The molecule has 0 saturated carbocycles. The Morgan fingerprint density at radius 2 is 1.90 bits per heavy atom. The second-order valence-corrected chi connectivity index (χ2v) is 3.79. The summed E-state index contributed by atoms with van der Waals surface area (Å²) in [5, 5.41) is 0. The van der Waals surface area contributed by atoms with Gasteiger partial charge in [0.05, 0.1) is 10.3 Å². The molecule has 5 heteroatoms. The van der Waals surface area contributed by atoms with E-state index in [1.54, 1.807) is 0 Å². The molecule has 0 rings (SSSR count). The molecule has 0 radical (unpaired) electrons. The molecule has 0 unspecified atom stereocenters. The predicted octanol–water partition coefficient (Wildman–Crippen LogP) is 1.27. The van der Waals surface area contributed by atoms with Crippen LogP contribution in [-0.4, -0.2) is 14.2 Å². The molecule has 0 N–H and O–H groups in total. The van der Waals surface area contributed by atoms with E-state index in [9.17, 15) is 13.3 Å². The van der Waals surface area contributed by atoms with E-state index >= 15 is 0 Å². The fraction of sp³-hybridized carbons (Fsp3) is 1.00. The van der Waals surface area contributed by atoms with E-state index in [1.807, 2.05) is 11.5 Å². The van der Waals surface area contributed by atoms with Crippen molar-refractivity contribution < 1.29 is 8.42 Å². The van der Waals surface area contributed by atoms with Gasteiger partial charge >= 0.3 is 0 Å². The smallest absolute Gasteiger partial charge is 0.202 e. The predicted molar refractivity (Wildman–Crippen MR) is 39.1 cm³/mol. The molecule has 0 atom stereocenters. The SMILES string of the molecule is CCCCCS(=O)(=O)N=O. The van der Waals surface area contributed by atoms with Gasteiger partial charge in [0.2, 0.25) is 0 Å². The van der Waals surface area contributed by atoms with E-state index in [-0.39, 0.29) is 5.75 Å². The van der Waals surface area contributed by atoms with Crippen molar-refractivity contribution in [1.29, 1.82) is 0 Å². The van der Waals surface area contributed by atoms with Crippen molar-refractivity contribution >= 4 is 10.0 Å². The summed E-state index contributed by atoms with van der Waals surface area (Å²) in [6.07, 6.45) is 2.30.